The second-order valence-corrected chi connectivity index (χ2v) is 4.75. The second kappa shape index (κ2) is 4.23. The molecule has 5 heteroatoms. The van der Waals surface area contributed by atoms with Gasteiger partial charge in [0.2, 0.25) is 0 Å². The highest BCUT2D eigenvalue weighted by Crippen LogP contribution is 2.34. The van der Waals surface area contributed by atoms with Crippen molar-refractivity contribution in [2.75, 3.05) is 14.2 Å². The lowest BCUT2D eigenvalue weighted by molar-refractivity contribution is -0.136. The number of carbonyl (C=O) groups excluding carboxylic acids is 2. The molecule has 0 N–H and O–H groups in total. The van der Waals surface area contributed by atoms with Crippen molar-refractivity contribution < 1.29 is 14.3 Å². The topological polar surface area (TPSA) is 51.5 Å². The number of rotatable bonds is 2. The van der Waals surface area contributed by atoms with Gasteiger partial charge in [0.25, 0.3) is 11.8 Å². The van der Waals surface area contributed by atoms with Gasteiger partial charge in [0.15, 0.2) is 5.76 Å². The normalized spacial score (nSPS) is 15.7. The van der Waals surface area contributed by atoms with E-state index in [1.165, 1.54) is 14.2 Å². The number of hydrogen-bond donors (Lipinski definition) is 0. The molecule has 0 aliphatic carbocycles. The lowest BCUT2D eigenvalue weighted by Gasteiger charge is -2.05. The third kappa shape index (κ3) is 1.49. The van der Waals surface area contributed by atoms with Crippen molar-refractivity contribution in [3.8, 4) is 0 Å². The quantitative estimate of drug-likeness (QED) is 0.778. The summed E-state index contributed by atoms with van der Waals surface area (Å²) in [6.07, 6.45) is 1.85. The first-order chi connectivity index (χ1) is 9.56. The molecule has 0 unspecified atom stereocenters. The van der Waals surface area contributed by atoms with Crippen molar-refractivity contribution in [3.05, 3.63) is 41.8 Å². The van der Waals surface area contributed by atoms with Crippen molar-refractivity contribution in [1.82, 2.24) is 9.47 Å². The molecule has 0 atom stereocenters. The van der Waals surface area contributed by atoms with Gasteiger partial charge >= 0.3 is 0 Å². The van der Waals surface area contributed by atoms with Gasteiger partial charge in [-0.15, -0.1) is 0 Å². The molecular weight excluding hydrogens is 256 g/mol. The predicted octanol–water partition coefficient (Wildman–Crippen LogP) is 1.53. The van der Waals surface area contributed by atoms with Gasteiger partial charge in [-0.05, 0) is 6.07 Å². The average Bonchev–Trinajstić information content (AvgIpc) is 2.89. The summed E-state index contributed by atoms with van der Waals surface area (Å²) in [4.78, 5) is 25.4. The minimum absolute atomic E-state index is 0.105. The third-order valence-corrected chi connectivity index (χ3v) is 3.61. The number of para-hydroxylation sites is 1. The van der Waals surface area contributed by atoms with Crippen molar-refractivity contribution in [3.63, 3.8) is 0 Å². The second-order valence-electron chi connectivity index (χ2n) is 4.75. The molecule has 102 valence electrons. The Kier molecular flexibility index (Phi) is 2.64. The Morgan fingerprint density at radius 3 is 2.45 bits per heavy atom. The summed E-state index contributed by atoms with van der Waals surface area (Å²) in [5.74, 6) is -0.627. The number of aryl methyl sites for hydroxylation is 1. The van der Waals surface area contributed by atoms with Crippen LogP contribution < -0.4 is 0 Å². The van der Waals surface area contributed by atoms with Gasteiger partial charge in [0.1, 0.15) is 0 Å². The van der Waals surface area contributed by atoms with Crippen molar-refractivity contribution in [2.24, 2.45) is 7.05 Å². The molecule has 2 amide bonds. The first-order valence-electron chi connectivity index (χ1n) is 6.21. The fourth-order valence-corrected chi connectivity index (χ4v) is 2.58. The molecule has 1 aliphatic rings. The Balaban J connectivity index is 2.33. The van der Waals surface area contributed by atoms with Gasteiger partial charge in [-0.3, -0.25) is 14.5 Å². The zero-order chi connectivity index (χ0) is 14.4. The Labute approximate surface area is 116 Å². The minimum Gasteiger partial charge on any atom is -0.490 e. The maximum absolute atomic E-state index is 12.3. The van der Waals surface area contributed by atoms with Crippen LogP contribution >= 0.6 is 0 Å². The zero-order valence-corrected chi connectivity index (χ0v) is 11.5. The van der Waals surface area contributed by atoms with E-state index in [0.717, 1.165) is 21.4 Å². The number of imide groups is 1. The summed E-state index contributed by atoms with van der Waals surface area (Å²) in [6, 6.07) is 7.74. The van der Waals surface area contributed by atoms with Crippen LogP contribution in [0.4, 0.5) is 0 Å². The molecule has 0 radical (unpaired) electrons. The number of fused-ring (bicyclic) bond motifs is 1. The number of carbonyl (C=O) groups is 2. The standard InChI is InChI=1S/C15H14N2O3/c1-16-8-10(9-6-4-5-7-11(9)16)12-13(20-3)15(19)17(2)14(12)18/h4-8H,1-3H3. The molecule has 0 saturated heterocycles. The Hall–Kier alpha value is -2.56. The van der Waals surface area contributed by atoms with Crippen LogP contribution in [0.5, 0.6) is 0 Å². The molecule has 1 aromatic heterocycles. The molecule has 0 spiro atoms. The molecule has 2 heterocycles. The number of aromatic nitrogens is 1. The number of benzene rings is 1. The molecule has 1 aromatic carbocycles. The molecule has 3 rings (SSSR count). The minimum atomic E-state index is -0.402. The van der Waals surface area contributed by atoms with Crippen LogP contribution in [0.15, 0.2) is 36.2 Å². The van der Waals surface area contributed by atoms with Gasteiger partial charge in [-0.2, -0.15) is 0 Å². The van der Waals surface area contributed by atoms with Crippen LogP contribution in [0.2, 0.25) is 0 Å². The van der Waals surface area contributed by atoms with Crippen LogP contribution in [-0.4, -0.2) is 35.4 Å². The molecular formula is C15H14N2O3. The zero-order valence-electron chi connectivity index (χ0n) is 11.5. The van der Waals surface area contributed by atoms with E-state index in [1.807, 2.05) is 42.1 Å². The molecule has 0 fully saturated rings. The highest BCUT2D eigenvalue weighted by molar-refractivity contribution is 6.36. The highest BCUT2D eigenvalue weighted by atomic mass is 16.5. The fraction of sp³-hybridized carbons (Fsp3) is 0.200. The molecule has 0 saturated carbocycles. The maximum atomic E-state index is 12.3. The van der Waals surface area contributed by atoms with Crippen molar-refractivity contribution in [2.45, 2.75) is 0 Å². The lowest BCUT2D eigenvalue weighted by Crippen LogP contribution is -2.27. The van der Waals surface area contributed by atoms with Gasteiger partial charge < -0.3 is 9.30 Å². The number of ether oxygens (including phenoxy) is 1. The predicted molar refractivity (Wildman–Crippen MR) is 74.6 cm³/mol. The monoisotopic (exact) mass is 270 g/mol. The van der Waals surface area contributed by atoms with E-state index in [-0.39, 0.29) is 11.7 Å². The number of hydrogen-bond acceptors (Lipinski definition) is 3. The average molecular weight is 270 g/mol. The Bertz CT molecular complexity index is 771. The molecule has 5 nitrogen and oxygen atoms in total. The molecule has 0 bridgehead atoms. The van der Waals surface area contributed by atoms with E-state index in [1.54, 1.807) is 0 Å². The number of likely N-dealkylation sites (N-methyl/N-ethyl adjacent to an activating group) is 1. The SMILES string of the molecule is COC1=C(c2cn(C)c3ccccc23)C(=O)N(C)C1=O. The smallest absolute Gasteiger partial charge is 0.296 e. The molecule has 1 aliphatic heterocycles. The van der Waals surface area contributed by atoms with Crippen LogP contribution in [0.3, 0.4) is 0 Å². The van der Waals surface area contributed by atoms with Crippen LogP contribution in [0.1, 0.15) is 5.56 Å². The number of methoxy groups -OCH3 is 1. The first kappa shape index (κ1) is 12.5. The summed E-state index contributed by atoms with van der Waals surface area (Å²) >= 11 is 0. The van der Waals surface area contributed by atoms with Gasteiger partial charge in [0.05, 0.1) is 12.7 Å². The van der Waals surface area contributed by atoms with E-state index in [2.05, 4.69) is 0 Å². The Morgan fingerprint density at radius 2 is 1.75 bits per heavy atom. The van der Waals surface area contributed by atoms with E-state index >= 15 is 0 Å². The van der Waals surface area contributed by atoms with Crippen molar-refractivity contribution in [1.29, 1.82) is 0 Å². The Morgan fingerprint density at radius 1 is 1.05 bits per heavy atom. The van der Waals surface area contributed by atoms with Crippen LogP contribution in [0, 0.1) is 0 Å². The van der Waals surface area contributed by atoms with E-state index < -0.39 is 5.91 Å². The summed E-state index contributed by atoms with van der Waals surface area (Å²) < 4.78 is 7.08. The summed E-state index contributed by atoms with van der Waals surface area (Å²) in [5, 5.41) is 0.927. The number of amides is 2. The highest BCUT2D eigenvalue weighted by Gasteiger charge is 2.38. The van der Waals surface area contributed by atoms with E-state index in [0.29, 0.717) is 5.57 Å². The van der Waals surface area contributed by atoms with Crippen LogP contribution in [0.25, 0.3) is 16.5 Å². The van der Waals surface area contributed by atoms with E-state index in [4.69, 9.17) is 4.74 Å². The van der Waals surface area contributed by atoms with Crippen LogP contribution in [-0.2, 0) is 21.4 Å². The third-order valence-electron chi connectivity index (χ3n) is 3.61. The molecule has 20 heavy (non-hydrogen) atoms. The summed E-state index contributed by atoms with van der Waals surface area (Å²) in [5.41, 5.74) is 2.06. The largest absolute Gasteiger partial charge is 0.490 e. The molecule has 2 aromatic rings. The number of nitrogens with zero attached hydrogens (tertiary/aromatic N) is 2. The summed E-state index contributed by atoms with van der Waals surface area (Å²) in [6.45, 7) is 0. The van der Waals surface area contributed by atoms with E-state index in [9.17, 15) is 9.59 Å². The lowest BCUT2D eigenvalue weighted by atomic mass is 10.0. The summed E-state index contributed by atoms with van der Waals surface area (Å²) in [7, 11) is 4.77. The van der Waals surface area contributed by atoms with Gasteiger partial charge in [-0.1, -0.05) is 18.2 Å². The first-order valence-corrected chi connectivity index (χ1v) is 6.21. The van der Waals surface area contributed by atoms with Crippen molar-refractivity contribution >= 4 is 28.3 Å². The maximum Gasteiger partial charge on any atom is 0.296 e. The fourth-order valence-electron chi connectivity index (χ4n) is 2.58. The van der Waals surface area contributed by atoms with Gasteiger partial charge in [-0.25, -0.2) is 0 Å². The van der Waals surface area contributed by atoms with Gasteiger partial charge in [0, 0.05) is 36.8 Å².